The highest BCUT2D eigenvalue weighted by atomic mass is 32.2. The van der Waals surface area contributed by atoms with Crippen molar-refractivity contribution < 1.29 is 0 Å². The summed E-state index contributed by atoms with van der Waals surface area (Å²) in [6, 6.07) is 6.48. The Morgan fingerprint density at radius 3 is 2.72 bits per heavy atom. The molecule has 1 atom stereocenters. The van der Waals surface area contributed by atoms with E-state index in [1.807, 2.05) is 24.0 Å². The lowest BCUT2D eigenvalue weighted by Gasteiger charge is -2.36. The van der Waals surface area contributed by atoms with Gasteiger partial charge < -0.3 is 5.32 Å². The van der Waals surface area contributed by atoms with E-state index in [1.165, 1.54) is 32.1 Å². The SMILES string of the molecule is CSC1(CNC(C)c2ccccn2)CCCCC1. The summed E-state index contributed by atoms with van der Waals surface area (Å²) < 4.78 is 0.460. The lowest BCUT2D eigenvalue weighted by atomic mass is 9.88. The third-order valence-electron chi connectivity index (χ3n) is 4.06. The minimum atomic E-state index is 0.345. The molecule has 100 valence electrons. The molecular formula is C15H24N2S. The van der Waals surface area contributed by atoms with Gasteiger partial charge in [-0.3, -0.25) is 4.98 Å². The van der Waals surface area contributed by atoms with Crippen LogP contribution in [0.4, 0.5) is 0 Å². The molecule has 1 saturated carbocycles. The summed E-state index contributed by atoms with van der Waals surface area (Å²) in [7, 11) is 0. The van der Waals surface area contributed by atoms with Gasteiger partial charge in [-0.25, -0.2) is 0 Å². The highest BCUT2D eigenvalue weighted by Gasteiger charge is 2.31. The quantitative estimate of drug-likeness (QED) is 0.875. The number of pyridine rings is 1. The molecule has 0 amide bonds. The van der Waals surface area contributed by atoms with Crippen LogP contribution in [0, 0.1) is 0 Å². The fourth-order valence-corrected chi connectivity index (χ4v) is 3.65. The van der Waals surface area contributed by atoms with Crippen molar-refractivity contribution in [3.8, 4) is 0 Å². The van der Waals surface area contributed by atoms with Gasteiger partial charge >= 0.3 is 0 Å². The standard InChI is InChI=1S/C15H24N2S/c1-13(14-8-4-7-11-16-14)17-12-15(18-2)9-5-3-6-10-15/h4,7-8,11,13,17H,3,5-6,9-10,12H2,1-2H3. The van der Waals surface area contributed by atoms with Gasteiger partial charge in [-0.2, -0.15) is 11.8 Å². The van der Waals surface area contributed by atoms with E-state index in [-0.39, 0.29) is 0 Å². The molecule has 0 aromatic carbocycles. The third kappa shape index (κ3) is 3.48. The van der Waals surface area contributed by atoms with Gasteiger partial charge in [0.25, 0.3) is 0 Å². The number of hydrogen-bond donors (Lipinski definition) is 1. The zero-order valence-electron chi connectivity index (χ0n) is 11.5. The second kappa shape index (κ2) is 6.58. The normalized spacial score (nSPS) is 20.6. The summed E-state index contributed by atoms with van der Waals surface area (Å²) >= 11 is 2.05. The van der Waals surface area contributed by atoms with Crippen molar-refractivity contribution in [2.45, 2.75) is 49.8 Å². The summed E-state index contributed by atoms with van der Waals surface area (Å²) in [5.41, 5.74) is 1.14. The Kier molecular flexibility index (Phi) is 5.07. The minimum absolute atomic E-state index is 0.345. The van der Waals surface area contributed by atoms with E-state index < -0.39 is 0 Å². The van der Waals surface area contributed by atoms with Gasteiger partial charge in [0.05, 0.1) is 5.69 Å². The molecule has 2 rings (SSSR count). The van der Waals surface area contributed by atoms with E-state index >= 15 is 0 Å². The fourth-order valence-electron chi connectivity index (χ4n) is 2.72. The van der Waals surface area contributed by atoms with Crippen molar-refractivity contribution >= 4 is 11.8 Å². The Morgan fingerprint density at radius 2 is 2.11 bits per heavy atom. The predicted octanol–water partition coefficient (Wildman–Crippen LogP) is 3.80. The molecule has 2 nitrogen and oxygen atoms in total. The molecule has 1 aliphatic carbocycles. The Morgan fingerprint density at radius 1 is 1.33 bits per heavy atom. The van der Waals surface area contributed by atoms with E-state index in [0.29, 0.717) is 10.8 Å². The summed E-state index contributed by atoms with van der Waals surface area (Å²) in [6.07, 6.45) is 11.0. The van der Waals surface area contributed by atoms with Gasteiger partial charge in [-0.1, -0.05) is 25.3 Å². The molecule has 0 aliphatic heterocycles. The summed E-state index contributed by atoms with van der Waals surface area (Å²) in [6.45, 7) is 3.31. The number of nitrogens with one attached hydrogen (secondary N) is 1. The summed E-state index contributed by atoms with van der Waals surface area (Å²) in [5.74, 6) is 0. The molecule has 1 aromatic heterocycles. The number of nitrogens with zero attached hydrogens (tertiary/aromatic N) is 1. The Labute approximate surface area is 115 Å². The van der Waals surface area contributed by atoms with Crippen LogP contribution in [0.15, 0.2) is 24.4 Å². The van der Waals surface area contributed by atoms with Crippen LogP contribution in [0.3, 0.4) is 0 Å². The Balaban J connectivity index is 1.90. The highest BCUT2D eigenvalue weighted by molar-refractivity contribution is 8.00. The average Bonchev–Trinajstić information content (AvgIpc) is 2.47. The van der Waals surface area contributed by atoms with Crippen molar-refractivity contribution in [3.63, 3.8) is 0 Å². The minimum Gasteiger partial charge on any atom is -0.307 e. The van der Waals surface area contributed by atoms with Crippen LogP contribution in [-0.4, -0.2) is 22.5 Å². The van der Waals surface area contributed by atoms with Crippen LogP contribution in [0.1, 0.15) is 50.8 Å². The number of aromatic nitrogens is 1. The maximum atomic E-state index is 4.42. The molecule has 0 spiro atoms. The van der Waals surface area contributed by atoms with Crippen LogP contribution in [-0.2, 0) is 0 Å². The van der Waals surface area contributed by atoms with Crippen molar-refractivity contribution in [2.24, 2.45) is 0 Å². The van der Waals surface area contributed by atoms with Gasteiger partial charge in [0, 0.05) is 23.5 Å². The first kappa shape index (κ1) is 13.9. The number of thioether (sulfide) groups is 1. The summed E-state index contributed by atoms with van der Waals surface area (Å²) in [5, 5.41) is 3.68. The fraction of sp³-hybridized carbons (Fsp3) is 0.667. The molecule has 0 radical (unpaired) electrons. The van der Waals surface area contributed by atoms with E-state index in [0.717, 1.165) is 12.2 Å². The van der Waals surface area contributed by atoms with E-state index in [4.69, 9.17) is 0 Å². The monoisotopic (exact) mass is 264 g/mol. The molecule has 1 unspecified atom stereocenters. The second-order valence-corrected chi connectivity index (χ2v) is 6.58. The van der Waals surface area contributed by atoms with Crippen molar-refractivity contribution in [2.75, 3.05) is 12.8 Å². The average molecular weight is 264 g/mol. The molecule has 1 aliphatic rings. The van der Waals surface area contributed by atoms with Crippen LogP contribution >= 0.6 is 11.8 Å². The maximum Gasteiger partial charge on any atom is 0.0570 e. The summed E-state index contributed by atoms with van der Waals surface area (Å²) in [4.78, 5) is 4.42. The first-order valence-corrected chi connectivity index (χ1v) is 8.18. The molecule has 1 heterocycles. The van der Waals surface area contributed by atoms with Crippen LogP contribution in [0.5, 0.6) is 0 Å². The third-order valence-corrected chi connectivity index (χ3v) is 5.48. The first-order valence-electron chi connectivity index (χ1n) is 6.95. The van der Waals surface area contributed by atoms with Gasteiger partial charge in [-0.05, 0) is 38.2 Å². The second-order valence-electron chi connectivity index (χ2n) is 5.30. The zero-order chi connectivity index (χ0) is 12.8. The number of rotatable bonds is 5. The largest absolute Gasteiger partial charge is 0.307 e. The lowest BCUT2D eigenvalue weighted by Crippen LogP contribution is -2.40. The Hall–Kier alpha value is -0.540. The molecule has 3 heteroatoms. The molecule has 0 bridgehead atoms. The van der Waals surface area contributed by atoms with E-state index in [2.05, 4.69) is 35.6 Å². The van der Waals surface area contributed by atoms with E-state index in [1.54, 1.807) is 0 Å². The molecule has 1 N–H and O–H groups in total. The first-order chi connectivity index (χ1) is 8.76. The van der Waals surface area contributed by atoms with E-state index in [9.17, 15) is 0 Å². The van der Waals surface area contributed by atoms with Gasteiger partial charge in [0.1, 0.15) is 0 Å². The molecule has 18 heavy (non-hydrogen) atoms. The molecule has 1 aromatic rings. The topological polar surface area (TPSA) is 24.9 Å². The molecule has 1 fully saturated rings. The Bertz CT molecular complexity index is 347. The smallest absolute Gasteiger partial charge is 0.0570 e. The lowest BCUT2D eigenvalue weighted by molar-refractivity contribution is 0.366. The van der Waals surface area contributed by atoms with Crippen molar-refractivity contribution in [1.29, 1.82) is 0 Å². The van der Waals surface area contributed by atoms with Gasteiger partial charge in [0.15, 0.2) is 0 Å². The zero-order valence-corrected chi connectivity index (χ0v) is 12.3. The van der Waals surface area contributed by atoms with Crippen LogP contribution in [0.25, 0.3) is 0 Å². The maximum absolute atomic E-state index is 4.42. The molecule has 0 saturated heterocycles. The predicted molar refractivity (Wildman–Crippen MR) is 80.0 cm³/mol. The van der Waals surface area contributed by atoms with Crippen molar-refractivity contribution in [3.05, 3.63) is 30.1 Å². The van der Waals surface area contributed by atoms with Gasteiger partial charge in [0.2, 0.25) is 0 Å². The number of hydrogen-bond acceptors (Lipinski definition) is 3. The highest BCUT2D eigenvalue weighted by Crippen LogP contribution is 2.38. The van der Waals surface area contributed by atoms with Crippen molar-refractivity contribution in [1.82, 2.24) is 10.3 Å². The van der Waals surface area contributed by atoms with Crippen LogP contribution in [0.2, 0.25) is 0 Å². The molecular weight excluding hydrogens is 240 g/mol. The van der Waals surface area contributed by atoms with Gasteiger partial charge in [-0.15, -0.1) is 0 Å². The van der Waals surface area contributed by atoms with Crippen LogP contribution < -0.4 is 5.32 Å².